The van der Waals surface area contributed by atoms with Crippen LogP contribution >= 0.6 is 0 Å². The SMILES string of the molecule is CC.Cc1nc(-n2cc3c(n2)C(=O)N(C)CC3)c2cn[nH]c2n1. The lowest BCUT2D eigenvalue weighted by Gasteiger charge is -2.20. The number of aromatic amines is 1. The molecule has 0 saturated carbocycles. The molecule has 0 radical (unpaired) electrons. The van der Waals surface area contributed by atoms with E-state index in [4.69, 9.17) is 0 Å². The van der Waals surface area contributed by atoms with Crippen LogP contribution in [0.5, 0.6) is 0 Å². The van der Waals surface area contributed by atoms with E-state index in [0.717, 1.165) is 17.4 Å². The Kier molecular flexibility index (Phi) is 3.81. The number of nitrogens with zero attached hydrogens (tertiary/aromatic N) is 6. The molecule has 1 aliphatic heterocycles. The highest BCUT2D eigenvalue weighted by Crippen LogP contribution is 2.21. The molecule has 0 fully saturated rings. The Labute approximate surface area is 133 Å². The standard InChI is InChI=1S/C13H13N7O.C2H6/c1-7-15-11-9(5-14-17-11)12(16-7)20-6-8-3-4-19(2)13(21)10(8)18-20;1-2/h5-6H,3-4H2,1-2H3,(H,14,15,16,17);1-2H3. The van der Waals surface area contributed by atoms with E-state index in [0.29, 0.717) is 29.5 Å². The Bertz CT molecular complexity index is 864. The van der Waals surface area contributed by atoms with Crippen molar-refractivity contribution in [3.63, 3.8) is 0 Å². The van der Waals surface area contributed by atoms with Crippen LogP contribution in [0.2, 0.25) is 0 Å². The highest BCUT2D eigenvalue weighted by molar-refractivity contribution is 5.94. The number of aryl methyl sites for hydroxylation is 1. The normalized spacial score (nSPS) is 13.7. The molecule has 0 aliphatic carbocycles. The summed E-state index contributed by atoms with van der Waals surface area (Å²) in [6.07, 6.45) is 4.34. The first kappa shape index (κ1) is 15.1. The van der Waals surface area contributed by atoms with Gasteiger partial charge in [0.05, 0.1) is 11.6 Å². The maximum absolute atomic E-state index is 12.1. The molecule has 3 aromatic heterocycles. The summed E-state index contributed by atoms with van der Waals surface area (Å²) >= 11 is 0. The van der Waals surface area contributed by atoms with Crippen molar-refractivity contribution in [1.29, 1.82) is 0 Å². The first-order valence-corrected chi connectivity index (χ1v) is 7.65. The monoisotopic (exact) mass is 313 g/mol. The lowest BCUT2D eigenvalue weighted by Crippen LogP contribution is -2.33. The molecule has 1 aliphatic rings. The van der Waals surface area contributed by atoms with Gasteiger partial charge in [0, 0.05) is 25.4 Å². The summed E-state index contributed by atoms with van der Waals surface area (Å²) in [5, 5.41) is 12.0. The molecule has 0 atom stereocenters. The molecule has 4 heterocycles. The van der Waals surface area contributed by atoms with Gasteiger partial charge in [0.15, 0.2) is 17.2 Å². The topological polar surface area (TPSA) is 92.6 Å². The number of hydrogen-bond donors (Lipinski definition) is 1. The third-order valence-electron chi connectivity index (χ3n) is 3.67. The second kappa shape index (κ2) is 5.79. The predicted octanol–water partition coefficient (Wildman–Crippen LogP) is 1.50. The summed E-state index contributed by atoms with van der Waals surface area (Å²) in [4.78, 5) is 22.5. The van der Waals surface area contributed by atoms with Crippen LogP contribution in [-0.4, -0.2) is 54.3 Å². The van der Waals surface area contributed by atoms with E-state index in [-0.39, 0.29) is 5.91 Å². The minimum absolute atomic E-state index is 0.0517. The lowest BCUT2D eigenvalue weighted by molar-refractivity contribution is 0.0775. The van der Waals surface area contributed by atoms with Crippen molar-refractivity contribution in [3.8, 4) is 5.82 Å². The number of nitrogens with one attached hydrogen (secondary N) is 1. The molecular weight excluding hydrogens is 294 g/mol. The molecule has 0 unspecified atom stereocenters. The summed E-state index contributed by atoms with van der Waals surface area (Å²) in [6, 6.07) is 0. The molecule has 3 aromatic rings. The van der Waals surface area contributed by atoms with Crippen LogP contribution in [0.25, 0.3) is 16.9 Å². The van der Waals surface area contributed by atoms with E-state index in [9.17, 15) is 4.79 Å². The summed E-state index contributed by atoms with van der Waals surface area (Å²) in [5.41, 5.74) is 2.11. The van der Waals surface area contributed by atoms with E-state index in [2.05, 4.69) is 25.3 Å². The first-order chi connectivity index (χ1) is 11.1. The summed E-state index contributed by atoms with van der Waals surface area (Å²) in [5.74, 6) is 1.21. The third-order valence-corrected chi connectivity index (χ3v) is 3.67. The van der Waals surface area contributed by atoms with Crippen molar-refractivity contribution >= 4 is 16.9 Å². The van der Waals surface area contributed by atoms with Gasteiger partial charge in [0.1, 0.15) is 5.82 Å². The van der Waals surface area contributed by atoms with E-state index < -0.39 is 0 Å². The highest BCUT2D eigenvalue weighted by Gasteiger charge is 2.26. The second-order valence-corrected chi connectivity index (χ2v) is 5.15. The average molecular weight is 313 g/mol. The van der Waals surface area contributed by atoms with Crippen LogP contribution in [0, 0.1) is 6.92 Å². The molecule has 8 nitrogen and oxygen atoms in total. The predicted molar refractivity (Wildman–Crippen MR) is 85.6 cm³/mol. The number of carbonyl (C=O) groups is 1. The molecule has 4 rings (SSSR count). The van der Waals surface area contributed by atoms with Gasteiger partial charge >= 0.3 is 0 Å². The summed E-state index contributed by atoms with van der Waals surface area (Å²) < 4.78 is 1.65. The Hall–Kier alpha value is -2.77. The second-order valence-electron chi connectivity index (χ2n) is 5.15. The van der Waals surface area contributed by atoms with Crippen molar-refractivity contribution in [1.82, 2.24) is 34.8 Å². The van der Waals surface area contributed by atoms with Gasteiger partial charge < -0.3 is 4.90 Å². The van der Waals surface area contributed by atoms with Gasteiger partial charge in [0.2, 0.25) is 0 Å². The summed E-state index contributed by atoms with van der Waals surface area (Å²) in [7, 11) is 1.79. The van der Waals surface area contributed by atoms with Crippen LogP contribution in [0.4, 0.5) is 0 Å². The van der Waals surface area contributed by atoms with E-state index in [1.54, 1.807) is 22.8 Å². The average Bonchev–Trinajstić information content (AvgIpc) is 3.19. The van der Waals surface area contributed by atoms with Crippen LogP contribution in [-0.2, 0) is 6.42 Å². The van der Waals surface area contributed by atoms with Gasteiger partial charge in [-0.3, -0.25) is 9.89 Å². The smallest absolute Gasteiger partial charge is 0.274 e. The van der Waals surface area contributed by atoms with Crippen LogP contribution in [0.1, 0.15) is 35.7 Å². The molecule has 0 saturated heterocycles. The zero-order valence-corrected chi connectivity index (χ0v) is 13.7. The number of H-pyrrole nitrogens is 1. The molecule has 23 heavy (non-hydrogen) atoms. The van der Waals surface area contributed by atoms with E-state index in [1.165, 1.54) is 0 Å². The van der Waals surface area contributed by atoms with E-state index >= 15 is 0 Å². The molecule has 1 N–H and O–H groups in total. The molecule has 1 amide bonds. The van der Waals surface area contributed by atoms with Crippen molar-refractivity contribution in [2.24, 2.45) is 0 Å². The minimum Gasteiger partial charge on any atom is -0.340 e. The Morgan fingerprint density at radius 3 is 2.83 bits per heavy atom. The van der Waals surface area contributed by atoms with Crippen LogP contribution in [0.3, 0.4) is 0 Å². The third kappa shape index (κ3) is 2.45. The fraction of sp³-hybridized carbons (Fsp3) is 0.400. The molecule has 0 spiro atoms. The quantitative estimate of drug-likeness (QED) is 0.735. The fourth-order valence-corrected chi connectivity index (χ4v) is 2.55. The highest BCUT2D eigenvalue weighted by atomic mass is 16.2. The molecule has 0 bridgehead atoms. The number of amides is 1. The maximum Gasteiger partial charge on any atom is 0.274 e. The van der Waals surface area contributed by atoms with Gasteiger partial charge in [0.25, 0.3) is 5.91 Å². The van der Waals surface area contributed by atoms with Gasteiger partial charge in [-0.05, 0) is 13.3 Å². The Balaban J connectivity index is 0.000000753. The number of rotatable bonds is 1. The number of fused-ring (bicyclic) bond motifs is 2. The van der Waals surface area contributed by atoms with Crippen molar-refractivity contribution in [3.05, 3.63) is 29.5 Å². The van der Waals surface area contributed by atoms with Crippen molar-refractivity contribution < 1.29 is 4.79 Å². The summed E-state index contributed by atoms with van der Waals surface area (Å²) in [6.45, 7) is 6.52. The van der Waals surface area contributed by atoms with Crippen LogP contribution in [0.15, 0.2) is 12.4 Å². The van der Waals surface area contributed by atoms with Crippen molar-refractivity contribution in [2.45, 2.75) is 27.2 Å². The zero-order chi connectivity index (χ0) is 16.6. The Morgan fingerprint density at radius 2 is 2.04 bits per heavy atom. The van der Waals surface area contributed by atoms with Crippen molar-refractivity contribution in [2.75, 3.05) is 13.6 Å². The van der Waals surface area contributed by atoms with Gasteiger partial charge in [-0.15, -0.1) is 0 Å². The lowest BCUT2D eigenvalue weighted by atomic mass is 10.1. The molecular formula is C15H19N7O. The van der Waals surface area contributed by atoms with Gasteiger partial charge in [-0.25, -0.2) is 14.6 Å². The molecule has 120 valence electrons. The van der Waals surface area contributed by atoms with E-state index in [1.807, 2.05) is 27.0 Å². The minimum atomic E-state index is -0.0517. The maximum atomic E-state index is 12.1. The number of aromatic nitrogens is 6. The molecule has 8 heteroatoms. The van der Waals surface area contributed by atoms with Gasteiger partial charge in [-0.1, -0.05) is 13.8 Å². The molecule has 0 aromatic carbocycles. The van der Waals surface area contributed by atoms with Gasteiger partial charge in [-0.2, -0.15) is 10.2 Å². The number of likely N-dealkylation sites (N-methyl/N-ethyl adjacent to an activating group) is 1. The largest absolute Gasteiger partial charge is 0.340 e. The van der Waals surface area contributed by atoms with Crippen LogP contribution < -0.4 is 0 Å². The Morgan fingerprint density at radius 1 is 1.26 bits per heavy atom. The zero-order valence-electron chi connectivity index (χ0n) is 13.7. The number of hydrogen-bond acceptors (Lipinski definition) is 5. The number of carbonyl (C=O) groups excluding carboxylic acids is 1. The fourth-order valence-electron chi connectivity index (χ4n) is 2.55. The first-order valence-electron chi connectivity index (χ1n) is 7.65.